The number of methoxy groups -OCH3 is 2. The molecule has 8 heteroatoms. The summed E-state index contributed by atoms with van der Waals surface area (Å²) < 4.78 is 16.6. The summed E-state index contributed by atoms with van der Waals surface area (Å²) in [5, 5.41) is 11.3. The number of carbonyl (C=O) groups excluding carboxylic acids is 2. The number of nitrogens with zero attached hydrogens (tertiary/aromatic N) is 2. The number of ether oxygens (including phenoxy) is 3. The summed E-state index contributed by atoms with van der Waals surface area (Å²) in [6.45, 7) is 4.94. The molecular formula is C27H34N2O6. The second-order valence-corrected chi connectivity index (χ2v) is 8.95. The normalized spacial score (nSPS) is 17.4. The lowest BCUT2D eigenvalue weighted by Gasteiger charge is -2.27. The van der Waals surface area contributed by atoms with Crippen molar-refractivity contribution in [2.24, 2.45) is 0 Å². The van der Waals surface area contributed by atoms with Crippen molar-refractivity contribution >= 4 is 17.4 Å². The topological polar surface area (TPSA) is 88.5 Å². The van der Waals surface area contributed by atoms with Gasteiger partial charge in [-0.3, -0.25) is 9.59 Å². The first-order chi connectivity index (χ1) is 16.7. The lowest BCUT2D eigenvalue weighted by molar-refractivity contribution is -0.140. The molecule has 0 aliphatic carbocycles. The van der Waals surface area contributed by atoms with E-state index < -0.39 is 17.7 Å². The first-order valence-electron chi connectivity index (χ1n) is 11.6. The van der Waals surface area contributed by atoms with Gasteiger partial charge in [0.25, 0.3) is 11.7 Å². The first kappa shape index (κ1) is 26.1. The van der Waals surface area contributed by atoms with E-state index in [4.69, 9.17) is 14.2 Å². The molecule has 1 aliphatic rings. The minimum atomic E-state index is -0.801. The van der Waals surface area contributed by atoms with Gasteiger partial charge in [0.05, 0.1) is 31.9 Å². The molecule has 35 heavy (non-hydrogen) atoms. The van der Waals surface area contributed by atoms with Crippen molar-refractivity contribution in [3.05, 3.63) is 59.2 Å². The monoisotopic (exact) mass is 482 g/mol. The second kappa shape index (κ2) is 11.3. The van der Waals surface area contributed by atoms with E-state index in [1.54, 1.807) is 49.6 Å². The molecule has 1 aliphatic heterocycles. The van der Waals surface area contributed by atoms with Crippen LogP contribution in [0.4, 0.5) is 0 Å². The fraction of sp³-hybridized carbons (Fsp3) is 0.407. The number of amides is 1. The molecule has 3 rings (SSSR count). The van der Waals surface area contributed by atoms with Crippen molar-refractivity contribution in [2.75, 3.05) is 41.4 Å². The summed E-state index contributed by atoms with van der Waals surface area (Å²) in [6, 6.07) is 11.2. The predicted molar refractivity (Wildman–Crippen MR) is 134 cm³/mol. The van der Waals surface area contributed by atoms with Gasteiger partial charge in [0.15, 0.2) is 0 Å². The summed E-state index contributed by atoms with van der Waals surface area (Å²) in [5.41, 5.74) is 1.05. The molecule has 1 amide bonds. The minimum absolute atomic E-state index is 0.00414. The van der Waals surface area contributed by atoms with Crippen LogP contribution < -0.4 is 14.2 Å². The van der Waals surface area contributed by atoms with Crippen LogP contribution in [0.15, 0.2) is 48.0 Å². The average molecular weight is 483 g/mol. The lowest BCUT2D eigenvalue weighted by atomic mass is 9.94. The van der Waals surface area contributed by atoms with E-state index in [0.717, 1.165) is 6.54 Å². The van der Waals surface area contributed by atoms with Crippen molar-refractivity contribution in [2.45, 2.75) is 32.4 Å². The second-order valence-electron chi connectivity index (χ2n) is 8.95. The molecule has 2 aromatic carbocycles. The standard InChI is InChI=1S/C27H34N2O6/c1-17(2)35-19-10-8-18(9-11-19)25(30)23-24(21-13-12-20(33-5)16-22(21)34-6)29(27(32)26(23)31)15-7-14-28(3)4/h8-13,16-17,24,30H,7,14-15H2,1-6H3/t24-/m0/s1. The minimum Gasteiger partial charge on any atom is -0.507 e. The van der Waals surface area contributed by atoms with Crippen LogP contribution in [0, 0.1) is 0 Å². The molecule has 1 atom stereocenters. The Labute approximate surface area is 206 Å². The van der Waals surface area contributed by atoms with Crippen LogP contribution in [0.5, 0.6) is 17.2 Å². The first-order valence-corrected chi connectivity index (χ1v) is 11.6. The maximum absolute atomic E-state index is 13.2. The van der Waals surface area contributed by atoms with Crippen LogP contribution in [-0.2, 0) is 9.59 Å². The van der Waals surface area contributed by atoms with E-state index in [-0.39, 0.29) is 17.4 Å². The van der Waals surface area contributed by atoms with E-state index in [0.29, 0.717) is 41.3 Å². The predicted octanol–water partition coefficient (Wildman–Crippen LogP) is 3.86. The van der Waals surface area contributed by atoms with E-state index >= 15 is 0 Å². The summed E-state index contributed by atoms with van der Waals surface area (Å²) in [5.74, 6) is 0.0773. The van der Waals surface area contributed by atoms with Gasteiger partial charge in [-0.2, -0.15) is 0 Å². The van der Waals surface area contributed by atoms with E-state index in [1.807, 2.05) is 32.8 Å². The lowest BCUT2D eigenvalue weighted by Crippen LogP contribution is -2.32. The third kappa shape index (κ3) is 5.77. The van der Waals surface area contributed by atoms with Crippen LogP contribution in [0.25, 0.3) is 5.76 Å². The highest BCUT2D eigenvalue weighted by molar-refractivity contribution is 6.46. The highest BCUT2D eigenvalue weighted by Crippen LogP contribution is 2.43. The Morgan fingerprint density at radius 2 is 1.69 bits per heavy atom. The fourth-order valence-corrected chi connectivity index (χ4v) is 4.15. The van der Waals surface area contributed by atoms with Crippen molar-refractivity contribution in [3.63, 3.8) is 0 Å². The maximum atomic E-state index is 13.2. The number of ketones is 1. The number of hydrogen-bond acceptors (Lipinski definition) is 7. The van der Waals surface area contributed by atoms with E-state index in [9.17, 15) is 14.7 Å². The maximum Gasteiger partial charge on any atom is 0.295 e. The Bertz CT molecular complexity index is 1090. The summed E-state index contributed by atoms with van der Waals surface area (Å²) in [7, 11) is 6.97. The van der Waals surface area contributed by atoms with Gasteiger partial charge in [0.1, 0.15) is 23.0 Å². The van der Waals surface area contributed by atoms with Crippen molar-refractivity contribution in [3.8, 4) is 17.2 Å². The molecule has 1 fully saturated rings. The van der Waals surface area contributed by atoms with E-state index in [2.05, 4.69) is 0 Å². The highest BCUT2D eigenvalue weighted by Gasteiger charge is 2.46. The molecular weight excluding hydrogens is 448 g/mol. The SMILES string of the molecule is COc1ccc([C@H]2C(=C(O)c3ccc(OC(C)C)cc3)C(=O)C(=O)N2CCCN(C)C)c(OC)c1. The van der Waals surface area contributed by atoms with Gasteiger partial charge < -0.3 is 29.1 Å². The molecule has 0 aromatic heterocycles. The van der Waals surface area contributed by atoms with Crippen LogP contribution in [-0.4, -0.2) is 74.1 Å². The van der Waals surface area contributed by atoms with Crippen LogP contribution in [0.2, 0.25) is 0 Å². The number of Topliss-reactive ketones (excluding diaryl/α,β-unsaturated/α-hetero) is 1. The molecule has 0 spiro atoms. The largest absolute Gasteiger partial charge is 0.507 e. The highest BCUT2D eigenvalue weighted by atomic mass is 16.5. The number of hydrogen-bond donors (Lipinski definition) is 1. The molecule has 1 heterocycles. The third-order valence-corrected chi connectivity index (χ3v) is 5.78. The van der Waals surface area contributed by atoms with Crippen molar-refractivity contribution < 1.29 is 28.9 Å². The zero-order valence-corrected chi connectivity index (χ0v) is 21.2. The Kier molecular flexibility index (Phi) is 8.40. The van der Waals surface area contributed by atoms with Gasteiger partial charge in [0.2, 0.25) is 0 Å². The number of likely N-dealkylation sites (tertiary alicyclic amines) is 1. The van der Waals surface area contributed by atoms with Crippen LogP contribution >= 0.6 is 0 Å². The van der Waals surface area contributed by atoms with E-state index in [1.165, 1.54) is 12.0 Å². The third-order valence-electron chi connectivity index (χ3n) is 5.78. The number of aliphatic hydroxyl groups is 1. The van der Waals surface area contributed by atoms with Gasteiger partial charge in [0, 0.05) is 23.7 Å². The van der Waals surface area contributed by atoms with Crippen molar-refractivity contribution in [1.29, 1.82) is 0 Å². The van der Waals surface area contributed by atoms with Gasteiger partial charge >= 0.3 is 0 Å². The Balaban J connectivity index is 2.12. The number of aliphatic hydroxyl groups excluding tert-OH is 1. The molecule has 1 N–H and O–H groups in total. The summed E-state index contributed by atoms with van der Waals surface area (Å²) in [4.78, 5) is 29.9. The number of rotatable bonds is 10. The number of carbonyl (C=O) groups is 2. The summed E-state index contributed by atoms with van der Waals surface area (Å²) in [6.07, 6.45) is 0.667. The van der Waals surface area contributed by atoms with Crippen LogP contribution in [0.3, 0.4) is 0 Å². The zero-order valence-electron chi connectivity index (χ0n) is 21.2. The number of benzene rings is 2. The molecule has 8 nitrogen and oxygen atoms in total. The van der Waals surface area contributed by atoms with Gasteiger partial charge in [-0.1, -0.05) is 0 Å². The molecule has 0 radical (unpaired) electrons. The molecule has 188 valence electrons. The molecule has 2 aromatic rings. The van der Waals surface area contributed by atoms with Gasteiger partial charge in [-0.05, 0) is 77.3 Å². The smallest absolute Gasteiger partial charge is 0.295 e. The quantitative estimate of drug-likeness (QED) is 0.312. The Morgan fingerprint density at radius 1 is 1.03 bits per heavy atom. The molecule has 0 bridgehead atoms. The molecule has 0 saturated carbocycles. The Hall–Kier alpha value is -3.52. The zero-order chi connectivity index (χ0) is 25.7. The fourth-order valence-electron chi connectivity index (χ4n) is 4.15. The van der Waals surface area contributed by atoms with Crippen molar-refractivity contribution in [1.82, 2.24) is 9.80 Å². The average Bonchev–Trinajstić information content (AvgIpc) is 3.08. The molecule has 0 unspecified atom stereocenters. The van der Waals surface area contributed by atoms with Gasteiger partial charge in [-0.15, -0.1) is 0 Å². The van der Waals surface area contributed by atoms with Crippen LogP contribution in [0.1, 0.15) is 37.4 Å². The summed E-state index contributed by atoms with van der Waals surface area (Å²) >= 11 is 0. The molecule has 1 saturated heterocycles. The van der Waals surface area contributed by atoms with Gasteiger partial charge in [-0.25, -0.2) is 0 Å². The Morgan fingerprint density at radius 3 is 2.26 bits per heavy atom.